The second-order valence-corrected chi connectivity index (χ2v) is 10.2. The van der Waals surface area contributed by atoms with Crippen LogP contribution in [0.2, 0.25) is 0 Å². The van der Waals surface area contributed by atoms with Crippen LogP contribution in [0.5, 0.6) is 0 Å². The van der Waals surface area contributed by atoms with E-state index in [0.29, 0.717) is 6.54 Å². The first-order valence-corrected chi connectivity index (χ1v) is 12.2. The molecule has 1 saturated heterocycles. The molecule has 6 nitrogen and oxygen atoms in total. The molecule has 0 N–H and O–H groups in total. The summed E-state index contributed by atoms with van der Waals surface area (Å²) in [7, 11) is 2.13. The average Bonchev–Trinajstić information content (AvgIpc) is 3.36. The van der Waals surface area contributed by atoms with E-state index < -0.39 is 0 Å². The molecule has 0 bridgehead atoms. The Bertz CT molecular complexity index is 1010. The lowest BCUT2D eigenvalue weighted by molar-refractivity contribution is 0.308. The summed E-state index contributed by atoms with van der Waals surface area (Å²) in [5, 5.41) is 0.852. The van der Waals surface area contributed by atoms with Crippen molar-refractivity contribution in [2.45, 2.75) is 70.5 Å². The summed E-state index contributed by atoms with van der Waals surface area (Å²) in [6.07, 6.45) is 8.80. The van der Waals surface area contributed by atoms with Gasteiger partial charge < -0.3 is 9.80 Å². The van der Waals surface area contributed by atoms with E-state index in [2.05, 4.69) is 16.8 Å². The maximum absolute atomic E-state index is 13.6. The Kier molecular flexibility index (Phi) is 5.39. The molecule has 0 unspecified atom stereocenters. The standard InChI is InChI=1S/C22H32N4O2S/c1-23-12-9-17-18(15-23)29-21-19(17)20(27)26(16-7-3-2-4-8-16)22(28)25(21)14-13-24-10-5-6-11-24/h16H,2-15H2,1H3. The van der Waals surface area contributed by atoms with Crippen LogP contribution in [-0.2, 0) is 19.5 Å². The van der Waals surface area contributed by atoms with Gasteiger partial charge in [-0.15, -0.1) is 11.3 Å². The van der Waals surface area contributed by atoms with E-state index in [0.717, 1.165) is 75.0 Å². The molecule has 0 spiro atoms. The minimum absolute atomic E-state index is 0.0172. The topological polar surface area (TPSA) is 50.5 Å². The molecule has 3 aliphatic rings. The zero-order chi connectivity index (χ0) is 20.0. The first-order chi connectivity index (χ1) is 14.1. The number of hydrogen-bond acceptors (Lipinski definition) is 5. The van der Waals surface area contributed by atoms with Crippen LogP contribution >= 0.6 is 11.3 Å². The van der Waals surface area contributed by atoms with Gasteiger partial charge in [-0.1, -0.05) is 19.3 Å². The Morgan fingerprint density at radius 2 is 1.72 bits per heavy atom. The fourth-order valence-corrected chi connectivity index (χ4v) is 6.90. The van der Waals surface area contributed by atoms with Crippen LogP contribution in [0.3, 0.4) is 0 Å². The van der Waals surface area contributed by atoms with Crippen LogP contribution in [0.1, 0.15) is 61.4 Å². The third-order valence-corrected chi connectivity index (χ3v) is 8.36. The maximum atomic E-state index is 13.6. The second kappa shape index (κ2) is 8.00. The molecule has 1 aliphatic carbocycles. The van der Waals surface area contributed by atoms with E-state index in [4.69, 9.17) is 0 Å². The lowest BCUT2D eigenvalue weighted by atomic mass is 9.95. The zero-order valence-corrected chi connectivity index (χ0v) is 18.3. The Morgan fingerprint density at radius 1 is 0.966 bits per heavy atom. The smallest absolute Gasteiger partial charge is 0.302 e. The molecular weight excluding hydrogens is 384 g/mol. The van der Waals surface area contributed by atoms with Gasteiger partial charge in [0.15, 0.2) is 0 Å². The normalized spacial score (nSPS) is 21.8. The molecular formula is C22H32N4O2S. The number of nitrogens with zero attached hydrogens (tertiary/aromatic N) is 4. The van der Waals surface area contributed by atoms with Gasteiger partial charge in [-0.05, 0) is 57.8 Å². The highest BCUT2D eigenvalue weighted by molar-refractivity contribution is 7.18. The van der Waals surface area contributed by atoms with Gasteiger partial charge in [-0.3, -0.25) is 13.9 Å². The van der Waals surface area contributed by atoms with E-state index in [9.17, 15) is 9.59 Å². The highest BCUT2D eigenvalue weighted by Gasteiger charge is 2.28. The Balaban J connectivity index is 1.65. The fourth-order valence-electron chi connectivity index (χ4n) is 5.46. The van der Waals surface area contributed by atoms with Crippen molar-refractivity contribution in [3.8, 4) is 0 Å². The molecule has 2 fully saturated rings. The van der Waals surface area contributed by atoms with E-state index >= 15 is 0 Å². The van der Waals surface area contributed by atoms with E-state index in [1.807, 2.05) is 4.57 Å². The summed E-state index contributed by atoms with van der Waals surface area (Å²) < 4.78 is 3.60. The van der Waals surface area contributed by atoms with Crippen LogP contribution in [0, 0.1) is 0 Å². The number of likely N-dealkylation sites (N-methyl/N-ethyl adjacent to an activating group) is 1. The largest absolute Gasteiger partial charge is 0.332 e. The summed E-state index contributed by atoms with van der Waals surface area (Å²) in [6, 6.07) is 0.0769. The molecule has 0 amide bonds. The first kappa shape index (κ1) is 19.5. The molecule has 2 aliphatic heterocycles. The van der Waals surface area contributed by atoms with Crippen molar-refractivity contribution >= 4 is 21.6 Å². The van der Waals surface area contributed by atoms with Crippen LogP contribution in [0.15, 0.2) is 9.59 Å². The maximum Gasteiger partial charge on any atom is 0.332 e. The van der Waals surface area contributed by atoms with Gasteiger partial charge in [0.25, 0.3) is 5.56 Å². The Morgan fingerprint density at radius 3 is 2.48 bits per heavy atom. The number of aromatic nitrogens is 2. The van der Waals surface area contributed by atoms with E-state index in [1.54, 1.807) is 15.9 Å². The zero-order valence-electron chi connectivity index (χ0n) is 17.5. The molecule has 2 aromatic rings. The molecule has 4 heterocycles. The van der Waals surface area contributed by atoms with Crippen LogP contribution in [0.25, 0.3) is 10.2 Å². The van der Waals surface area contributed by atoms with Crippen molar-refractivity contribution in [3.63, 3.8) is 0 Å². The lowest BCUT2D eigenvalue weighted by Gasteiger charge is -2.25. The van der Waals surface area contributed by atoms with Gasteiger partial charge in [0.1, 0.15) is 4.83 Å². The van der Waals surface area contributed by atoms with Gasteiger partial charge in [0.05, 0.1) is 5.39 Å². The third kappa shape index (κ3) is 3.51. The molecule has 2 aromatic heterocycles. The van der Waals surface area contributed by atoms with Gasteiger partial charge in [0, 0.05) is 37.1 Å². The van der Waals surface area contributed by atoms with Crippen molar-refractivity contribution in [1.29, 1.82) is 0 Å². The molecule has 29 heavy (non-hydrogen) atoms. The van der Waals surface area contributed by atoms with E-state index in [1.165, 1.54) is 29.7 Å². The summed E-state index contributed by atoms with van der Waals surface area (Å²) in [5.41, 5.74) is 1.13. The molecule has 5 rings (SSSR count). The Hall–Kier alpha value is -1.44. The number of thiophene rings is 1. The summed E-state index contributed by atoms with van der Waals surface area (Å²) in [5.74, 6) is 0. The minimum atomic E-state index is -0.0689. The van der Waals surface area contributed by atoms with Gasteiger partial charge in [-0.2, -0.15) is 0 Å². The van der Waals surface area contributed by atoms with E-state index in [-0.39, 0.29) is 17.3 Å². The predicted molar refractivity (Wildman–Crippen MR) is 118 cm³/mol. The number of fused-ring (bicyclic) bond motifs is 3. The molecule has 7 heteroatoms. The first-order valence-electron chi connectivity index (χ1n) is 11.3. The lowest BCUT2D eigenvalue weighted by Crippen LogP contribution is -2.44. The average molecular weight is 417 g/mol. The van der Waals surface area contributed by atoms with Crippen LogP contribution < -0.4 is 11.2 Å². The quantitative estimate of drug-likeness (QED) is 0.769. The monoisotopic (exact) mass is 416 g/mol. The van der Waals surface area contributed by atoms with Gasteiger partial charge in [0.2, 0.25) is 0 Å². The van der Waals surface area contributed by atoms with Crippen LogP contribution in [0.4, 0.5) is 0 Å². The molecule has 1 saturated carbocycles. The summed E-state index contributed by atoms with van der Waals surface area (Å²) >= 11 is 1.69. The van der Waals surface area contributed by atoms with Crippen molar-refractivity contribution in [2.75, 3.05) is 33.2 Å². The van der Waals surface area contributed by atoms with Crippen molar-refractivity contribution < 1.29 is 0 Å². The van der Waals surface area contributed by atoms with Crippen molar-refractivity contribution in [3.05, 3.63) is 31.3 Å². The minimum Gasteiger partial charge on any atom is -0.302 e. The van der Waals surface area contributed by atoms with Gasteiger partial charge >= 0.3 is 5.69 Å². The summed E-state index contributed by atoms with van der Waals surface area (Å²) in [4.78, 5) is 34.2. The molecule has 158 valence electrons. The number of likely N-dealkylation sites (tertiary alicyclic amines) is 1. The highest BCUT2D eigenvalue weighted by atomic mass is 32.1. The SMILES string of the molecule is CN1CCc2c(sc3c2c(=O)n(C2CCCCC2)c(=O)n3CCN2CCCC2)C1. The molecule has 0 radical (unpaired) electrons. The number of hydrogen-bond donors (Lipinski definition) is 0. The molecule has 0 atom stereocenters. The highest BCUT2D eigenvalue weighted by Crippen LogP contribution is 2.33. The predicted octanol–water partition coefficient (Wildman–Crippen LogP) is 2.81. The fraction of sp³-hybridized carbons (Fsp3) is 0.727. The van der Waals surface area contributed by atoms with Crippen molar-refractivity contribution in [2.24, 2.45) is 0 Å². The summed E-state index contributed by atoms with van der Waals surface area (Å²) in [6.45, 7) is 5.72. The van der Waals surface area contributed by atoms with Gasteiger partial charge in [-0.25, -0.2) is 4.79 Å². The van der Waals surface area contributed by atoms with Crippen molar-refractivity contribution in [1.82, 2.24) is 18.9 Å². The molecule has 0 aromatic carbocycles. The number of rotatable bonds is 4. The Labute approximate surface area is 175 Å². The van der Waals surface area contributed by atoms with Crippen LogP contribution in [-0.4, -0.2) is 52.2 Å². The third-order valence-electron chi connectivity index (χ3n) is 7.12. The second-order valence-electron chi connectivity index (χ2n) is 9.12.